The molecule has 6 nitrogen and oxygen atoms in total. The Labute approximate surface area is 134 Å². The third-order valence-electron chi connectivity index (χ3n) is 1.00. The van der Waals surface area contributed by atoms with Gasteiger partial charge in [-0.3, -0.25) is 0 Å². The summed E-state index contributed by atoms with van der Waals surface area (Å²) in [6.45, 7) is 4.72. The third kappa shape index (κ3) is 76.4. The fraction of sp³-hybridized carbons (Fsp3) is 1.00. The molecular weight excluding hydrogens is 598 g/mol. The molecule has 0 atom stereocenters. The summed E-state index contributed by atoms with van der Waals surface area (Å²) >= 11 is 0. The zero-order chi connectivity index (χ0) is 12.9. The minimum absolute atomic E-state index is 0. The first kappa shape index (κ1) is 30.9. The average molecular weight is 616 g/mol. The van der Waals surface area contributed by atoms with E-state index >= 15 is 0 Å². The van der Waals surface area contributed by atoms with E-state index in [0.29, 0.717) is 0 Å². The van der Waals surface area contributed by atoms with Crippen LogP contribution in [0.3, 0.4) is 0 Å². The van der Waals surface area contributed by atoms with Crippen LogP contribution in [-0.4, -0.2) is 18.9 Å². The van der Waals surface area contributed by atoms with Crippen LogP contribution in [-0.2, 0) is 44.8 Å². The number of rotatable bonds is 3. The maximum Gasteiger partial charge on any atom is 3.00 e. The van der Waals surface area contributed by atoms with Gasteiger partial charge in [0.25, 0.3) is 0 Å². The molecule has 0 rings (SSSR count). The van der Waals surface area contributed by atoms with Gasteiger partial charge in [0.1, 0.15) is 0 Å². The van der Waals surface area contributed by atoms with Crippen molar-refractivity contribution in [3.63, 3.8) is 0 Å². The summed E-state index contributed by atoms with van der Waals surface area (Å²) < 4.78 is 0. The molecule has 0 fully saturated rings. The molecule has 0 aromatic rings. The van der Waals surface area contributed by atoms with Crippen LogP contribution in [0.15, 0.2) is 0 Å². The Morgan fingerprint density at radius 2 is 0.588 bits per heavy atom. The van der Waals surface area contributed by atoms with Crippen molar-refractivity contribution in [1.82, 2.24) is 0 Å². The summed E-state index contributed by atoms with van der Waals surface area (Å²) in [4.78, 5) is 0. The predicted octanol–water partition coefficient (Wildman–Crippen LogP) is -4.68. The molecule has 8 heteroatoms. The van der Waals surface area contributed by atoms with Crippen molar-refractivity contribution in [1.29, 1.82) is 0 Å². The molecule has 0 aliphatic heterocycles. The van der Waals surface area contributed by atoms with E-state index in [9.17, 15) is 30.6 Å². The fourth-order valence-electron chi connectivity index (χ4n) is 0. The summed E-state index contributed by atoms with van der Waals surface area (Å²) in [5, 5.41) is 56.0. The van der Waals surface area contributed by atoms with Crippen molar-refractivity contribution < 1.29 is 75.4 Å². The summed E-state index contributed by atoms with van der Waals surface area (Å²) in [6, 6.07) is 0. The zero-order valence-corrected chi connectivity index (χ0v) is 14.2. The number of hydrogen-bond donors (Lipinski definition) is 0. The summed E-state index contributed by atoms with van der Waals surface area (Å²) in [7, 11) is 0. The van der Waals surface area contributed by atoms with Gasteiger partial charge in [-0.2, -0.15) is 0 Å². The molecule has 0 radical (unpaired) electrons. The monoisotopic (exact) mass is 616 g/mol. The van der Waals surface area contributed by atoms with Gasteiger partial charge in [0.2, 0.25) is 0 Å². The Morgan fingerprint density at radius 1 is 0.529 bits per heavy atom. The Morgan fingerprint density at radius 3 is 0.588 bits per heavy atom. The van der Waals surface area contributed by atoms with Gasteiger partial charge in [0.15, 0.2) is 0 Å². The van der Waals surface area contributed by atoms with Crippen molar-refractivity contribution in [3.8, 4) is 0 Å². The van der Waals surface area contributed by atoms with Crippen molar-refractivity contribution in [2.75, 3.05) is 0 Å². The van der Waals surface area contributed by atoms with E-state index in [1.165, 1.54) is 0 Å². The molecule has 112 valence electrons. The van der Waals surface area contributed by atoms with E-state index in [4.69, 9.17) is 0 Å². The van der Waals surface area contributed by atoms with Crippen LogP contribution in [0, 0.1) is 0 Å². The van der Waals surface area contributed by atoms with Crippen molar-refractivity contribution >= 4 is 0 Å². The Balaban J connectivity index is -0.0000000400. The minimum atomic E-state index is -1.62. The molecule has 0 unspecified atom stereocenters. The molecular formula is C9H18Au2O6. The van der Waals surface area contributed by atoms with Gasteiger partial charge in [-0.15, -0.1) is 0 Å². The molecule has 0 bridgehead atoms. The first-order valence-electron chi connectivity index (χ1n) is 4.76. The van der Waals surface area contributed by atoms with Crippen LogP contribution in [0.25, 0.3) is 0 Å². The van der Waals surface area contributed by atoms with Gasteiger partial charge in [0.05, 0.1) is 0 Å². The maximum atomic E-state index is 9.34. The molecule has 0 N–H and O–H groups in total. The SMILES string of the molecule is CCC([O-])[O-].CCC([O-])[O-].CCC([O-])[O-].[Au+3].[Au+3]. The maximum absolute atomic E-state index is 9.34. The first-order chi connectivity index (χ1) is 6.81. The molecule has 0 spiro atoms. The molecule has 0 aromatic carbocycles. The first-order valence-corrected chi connectivity index (χ1v) is 4.76. The summed E-state index contributed by atoms with van der Waals surface area (Å²) in [5.41, 5.74) is 0. The van der Waals surface area contributed by atoms with Crippen molar-refractivity contribution in [3.05, 3.63) is 0 Å². The summed E-state index contributed by atoms with van der Waals surface area (Å²) in [5.74, 6) is 0. The second-order valence-corrected chi connectivity index (χ2v) is 2.51. The molecule has 17 heavy (non-hydrogen) atoms. The number of hydrogen-bond acceptors (Lipinski definition) is 6. The smallest absolute Gasteiger partial charge is 0.865 e. The van der Waals surface area contributed by atoms with Gasteiger partial charge in [-0.25, -0.2) is 18.9 Å². The van der Waals surface area contributed by atoms with E-state index in [-0.39, 0.29) is 64.0 Å². The Hall–Kier alpha value is 1.24. The van der Waals surface area contributed by atoms with Crippen molar-refractivity contribution in [2.24, 2.45) is 0 Å². The normalized spacial score (nSPS) is 8.47. The Kier molecular flexibility index (Phi) is 47.2. The van der Waals surface area contributed by atoms with E-state index in [0.717, 1.165) is 0 Å². The molecule has 0 aliphatic rings. The van der Waals surface area contributed by atoms with Crippen LogP contribution in [0.2, 0.25) is 0 Å². The molecule has 0 saturated carbocycles. The fourth-order valence-corrected chi connectivity index (χ4v) is 0. The second-order valence-electron chi connectivity index (χ2n) is 2.51. The molecule has 0 aromatic heterocycles. The summed E-state index contributed by atoms with van der Waals surface area (Å²) in [6.07, 6.45) is -4.26. The van der Waals surface area contributed by atoms with Crippen molar-refractivity contribution in [2.45, 2.75) is 58.9 Å². The standard InChI is InChI=1S/3C3H6O2.2Au/c3*1-2-3(4)5;;/h3*3H,2H2,1H3;;/q3*-2;2*+3. The van der Waals surface area contributed by atoms with E-state index in [1.54, 1.807) is 20.8 Å². The van der Waals surface area contributed by atoms with E-state index in [2.05, 4.69) is 0 Å². The van der Waals surface area contributed by atoms with Crippen LogP contribution >= 0.6 is 0 Å². The van der Waals surface area contributed by atoms with Gasteiger partial charge < -0.3 is 30.6 Å². The topological polar surface area (TPSA) is 138 Å². The van der Waals surface area contributed by atoms with Gasteiger partial charge in [0, 0.05) is 0 Å². The zero-order valence-electron chi connectivity index (χ0n) is 9.91. The molecule has 0 aliphatic carbocycles. The van der Waals surface area contributed by atoms with Gasteiger partial charge >= 0.3 is 44.8 Å². The molecule has 0 heterocycles. The van der Waals surface area contributed by atoms with Gasteiger partial charge in [-0.05, 0) is 0 Å². The quantitative estimate of drug-likeness (QED) is 0.231. The van der Waals surface area contributed by atoms with Crippen LogP contribution in [0.5, 0.6) is 0 Å². The molecule has 0 amide bonds. The van der Waals surface area contributed by atoms with Crippen LogP contribution in [0.4, 0.5) is 0 Å². The average Bonchev–Trinajstić information content (AvgIpc) is 2.19. The van der Waals surface area contributed by atoms with Crippen LogP contribution in [0.1, 0.15) is 40.0 Å². The Bertz CT molecular complexity index is 84.5. The van der Waals surface area contributed by atoms with E-state index < -0.39 is 18.9 Å². The minimum Gasteiger partial charge on any atom is -0.865 e. The third-order valence-corrected chi connectivity index (χ3v) is 1.00. The largest absolute Gasteiger partial charge is 3.00 e. The second kappa shape index (κ2) is 25.9. The van der Waals surface area contributed by atoms with Gasteiger partial charge in [-0.1, -0.05) is 40.0 Å². The predicted molar refractivity (Wildman–Crippen MR) is 42.2 cm³/mol. The van der Waals surface area contributed by atoms with Crippen LogP contribution < -0.4 is 30.6 Å². The van der Waals surface area contributed by atoms with E-state index in [1.807, 2.05) is 0 Å². The molecule has 0 saturated heterocycles.